The highest BCUT2D eigenvalue weighted by molar-refractivity contribution is 6.08. The van der Waals surface area contributed by atoms with Crippen molar-refractivity contribution in [1.29, 1.82) is 0 Å². The van der Waals surface area contributed by atoms with Gasteiger partial charge in [0.1, 0.15) is 0 Å². The molecule has 118 valence electrons. The summed E-state index contributed by atoms with van der Waals surface area (Å²) in [6.07, 6.45) is 12.1. The molecule has 0 bridgehead atoms. The fraction of sp³-hybridized carbons (Fsp3) is 0.300. The molecule has 1 N–H and O–H groups in total. The van der Waals surface area contributed by atoms with Crippen LogP contribution in [0.5, 0.6) is 0 Å². The molecule has 3 heteroatoms. The zero-order valence-corrected chi connectivity index (χ0v) is 13.1. The van der Waals surface area contributed by atoms with Gasteiger partial charge in [-0.3, -0.25) is 9.59 Å². The first-order valence-electron chi connectivity index (χ1n) is 8.20. The minimum atomic E-state index is -0.00261. The van der Waals surface area contributed by atoms with Gasteiger partial charge in [0.2, 0.25) is 0 Å². The minimum absolute atomic E-state index is 0.00261. The standard InChI is InChI=1S/C20H21NO2/c22-19(15-7-3-1-4-8-15)16-11-13-18(14-12-16)21-20(23)17-9-5-2-6-10-17/h1,3-5,7-11,18H,2,6,12-14H2,(H,21,23). The van der Waals surface area contributed by atoms with E-state index in [2.05, 4.69) is 5.32 Å². The minimum Gasteiger partial charge on any atom is -0.349 e. The van der Waals surface area contributed by atoms with Crippen molar-refractivity contribution in [1.82, 2.24) is 5.32 Å². The van der Waals surface area contributed by atoms with E-state index >= 15 is 0 Å². The molecular weight excluding hydrogens is 286 g/mol. The monoisotopic (exact) mass is 307 g/mol. The Morgan fingerprint density at radius 3 is 2.52 bits per heavy atom. The highest BCUT2D eigenvalue weighted by Crippen LogP contribution is 2.22. The molecule has 1 amide bonds. The van der Waals surface area contributed by atoms with E-state index in [0.717, 1.165) is 42.4 Å². The molecule has 0 spiro atoms. The highest BCUT2D eigenvalue weighted by Gasteiger charge is 2.21. The molecule has 0 fully saturated rings. The Morgan fingerprint density at radius 1 is 1.04 bits per heavy atom. The van der Waals surface area contributed by atoms with Crippen molar-refractivity contribution in [3.05, 3.63) is 71.3 Å². The van der Waals surface area contributed by atoms with Crippen LogP contribution < -0.4 is 5.32 Å². The summed E-state index contributed by atoms with van der Waals surface area (Å²) in [5.41, 5.74) is 2.35. The van der Waals surface area contributed by atoms with Crippen LogP contribution in [0.1, 0.15) is 42.5 Å². The summed E-state index contributed by atoms with van der Waals surface area (Å²) in [6.45, 7) is 0. The van der Waals surface area contributed by atoms with Gasteiger partial charge in [0.05, 0.1) is 0 Å². The van der Waals surface area contributed by atoms with Gasteiger partial charge in [-0.2, -0.15) is 0 Å². The third-order valence-corrected chi connectivity index (χ3v) is 4.33. The molecule has 2 aliphatic rings. The van der Waals surface area contributed by atoms with E-state index in [1.54, 1.807) is 0 Å². The van der Waals surface area contributed by atoms with Crippen LogP contribution in [0.25, 0.3) is 0 Å². The smallest absolute Gasteiger partial charge is 0.251 e. The largest absolute Gasteiger partial charge is 0.349 e. The van der Waals surface area contributed by atoms with Crippen LogP contribution in [0.15, 0.2) is 65.8 Å². The van der Waals surface area contributed by atoms with Crippen molar-refractivity contribution >= 4 is 11.7 Å². The number of amides is 1. The molecule has 0 radical (unpaired) electrons. The number of hydrogen-bond acceptors (Lipinski definition) is 2. The summed E-state index contributed by atoms with van der Waals surface area (Å²) in [4.78, 5) is 24.6. The summed E-state index contributed by atoms with van der Waals surface area (Å²) < 4.78 is 0. The van der Waals surface area contributed by atoms with Crippen LogP contribution >= 0.6 is 0 Å². The van der Waals surface area contributed by atoms with Gasteiger partial charge < -0.3 is 5.32 Å². The number of ketones is 1. The SMILES string of the molecule is O=C(NC1CC=C(C(=O)c2ccccc2)CC1)C1=CCCC=C1. The average Bonchev–Trinajstić information content (AvgIpc) is 2.63. The molecule has 23 heavy (non-hydrogen) atoms. The molecule has 3 nitrogen and oxygen atoms in total. The lowest BCUT2D eigenvalue weighted by Gasteiger charge is -2.23. The number of allylic oxidation sites excluding steroid dienone is 3. The van der Waals surface area contributed by atoms with Gasteiger partial charge in [0.15, 0.2) is 5.78 Å². The molecule has 3 rings (SSSR count). The van der Waals surface area contributed by atoms with Gasteiger partial charge in [0.25, 0.3) is 5.91 Å². The zero-order valence-electron chi connectivity index (χ0n) is 13.1. The van der Waals surface area contributed by atoms with Gasteiger partial charge in [0, 0.05) is 17.2 Å². The van der Waals surface area contributed by atoms with Crippen LogP contribution in [0.2, 0.25) is 0 Å². The Bertz CT molecular complexity index is 683. The second-order valence-electron chi connectivity index (χ2n) is 6.01. The van der Waals surface area contributed by atoms with Crippen molar-refractivity contribution < 1.29 is 9.59 Å². The molecule has 1 aromatic carbocycles. The first-order chi connectivity index (χ1) is 11.2. The predicted octanol–water partition coefficient (Wildman–Crippen LogP) is 3.74. The Balaban J connectivity index is 1.58. The topological polar surface area (TPSA) is 46.2 Å². The first kappa shape index (κ1) is 15.5. The molecule has 0 aliphatic heterocycles. The van der Waals surface area contributed by atoms with E-state index in [1.165, 1.54) is 0 Å². The molecule has 0 aromatic heterocycles. The van der Waals surface area contributed by atoms with Crippen molar-refractivity contribution in [2.24, 2.45) is 0 Å². The van der Waals surface area contributed by atoms with Gasteiger partial charge in [-0.05, 0) is 37.7 Å². The zero-order chi connectivity index (χ0) is 16.1. The third kappa shape index (κ3) is 3.86. The highest BCUT2D eigenvalue weighted by atomic mass is 16.1. The summed E-state index contributed by atoms with van der Waals surface area (Å²) >= 11 is 0. The first-order valence-corrected chi connectivity index (χ1v) is 8.20. The van der Waals surface area contributed by atoms with E-state index in [1.807, 2.05) is 54.6 Å². The van der Waals surface area contributed by atoms with Crippen LogP contribution in [0.3, 0.4) is 0 Å². The summed E-state index contributed by atoms with van der Waals surface area (Å²) in [7, 11) is 0. The van der Waals surface area contributed by atoms with Crippen molar-refractivity contribution in [2.45, 2.75) is 38.1 Å². The summed E-state index contributed by atoms with van der Waals surface area (Å²) in [5, 5.41) is 3.07. The molecule has 1 atom stereocenters. The van der Waals surface area contributed by atoms with Crippen LogP contribution in [-0.2, 0) is 4.79 Å². The number of Topliss-reactive ketones (excluding diaryl/α,β-unsaturated/α-hetero) is 1. The molecular formula is C20H21NO2. The quantitative estimate of drug-likeness (QED) is 0.861. The fourth-order valence-electron chi connectivity index (χ4n) is 3.00. The number of carbonyl (C=O) groups is 2. The molecule has 2 aliphatic carbocycles. The lowest BCUT2D eigenvalue weighted by molar-refractivity contribution is -0.117. The van der Waals surface area contributed by atoms with Crippen LogP contribution in [0, 0.1) is 0 Å². The summed E-state index contributed by atoms with van der Waals surface area (Å²) in [5.74, 6) is 0.102. The Morgan fingerprint density at radius 2 is 1.87 bits per heavy atom. The maximum atomic E-state index is 12.4. The lowest BCUT2D eigenvalue weighted by atomic mass is 9.90. The molecule has 0 saturated heterocycles. The van der Waals surface area contributed by atoms with E-state index in [0.29, 0.717) is 6.42 Å². The van der Waals surface area contributed by atoms with E-state index in [9.17, 15) is 9.59 Å². The normalized spacial score (nSPS) is 20.4. The maximum absolute atomic E-state index is 12.4. The van der Waals surface area contributed by atoms with Gasteiger partial charge in [-0.25, -0.2) is 0 Å². The Hall–Kier alpha value is -2.42. The predicted molar refractivity (Wildman–Crippen MR) is 91.1 cm³/mol. The van der Waals surface area contributed by atoms with Crippen LogP contribution in [-0.4, -0.2) is 17.7 Å². The molecule has 1 unspecified atom stereocenters. The number of nitrogens with one attached hydrogen (secondary N) is 1. The molecule has 0 saturated carbocycles. The second kappa shape index (κ2) is 7.23. The number of benzene rings is 1. The van der Waals surface area contributed by atoms with Gasteiger partial charge >= 0.3 is 0 Å². The van der Waals surface area contributed by atoms with Gasteiger partial charge in [-0.15, -0.1) is 0 Å². The van der Waals surface area contributed by atoms with Gasteiger partial charge in [-0.1, -0.05) is 54.6 Å². The number of carbonyl (C=O) groups excluding carboxylic acids is 2. The van der Waals surface area contributed by atoms with E-state index in [4.69, 9.17) is 0 Å². The molecule has 1 aromatic rings. The maximum Gasteiger partial charge on any atom is 0.251 e. The molecule has 0 heterocycles. The third-order valence-electron chi connectivity index (χ3n) is 4.33. The Labute approximate surface area is 136 Å². The van der Waals surface area contributed by atoms with E-state index < -0.39 is 0 Å². The summed E-state index contributed by atoms with van der Waals surface area (Å²) in [6, 6.07) is 9.48. The fourth-order valence-corrected chi connectivity index (χ4v) is 3.00. The average molecular weight is 307 g/mol. The second-order valence-corrected chi connectivity index (χ2v) is 6.01. The lowest BCUT2D eigenvalue weighted by Crippen LogP contribution is -2.37. The van der Waals surface area contributed by atoms with Crippen molar-refractivity contribution in [3.8, 4) is 0 Å². The van der Waals surface area contributed by atoms with Crippen LogP contribution in [0.4, 0.5) is 0 Å². The van der Waals surface area contributed by atoms with Crippen molar-refractivity contribution in [2.75, 3.05) is 0 Å². The Kier molecular flexibility index (Phi) is 4.86. The van der Waals surface area contributed by atoms with E-state index in [-0.39, 0.29) is 17.7 Å². The number of hydrogen-bond donors (Lipinski definition) is 1. The number of rotatable bonds is 4. The van der Waals surface area contributed by atoms with Crippen molar-refractivity contribution in [3.63, 3.8) is 0 Å².